The van der Waals surface area contributed by atoms with Crippen molar-refractivity contribution in [2.24, 2.45) is 17.2 Å². The summed E-state index contributed by atoms with van der Waals surface area (Å²) in [6, 6.07) is 6.04. The topological polar surface area (TPSA) is 197 Å². The summed E-state index contributed by atoms with van der Waals surface area (Å²) in [5.41, 5.74) is 14.8. The lowest BCUT2D eigenvalue weighted by atomic mass is 9.79. The molecule has 0 bridgehead atoms. The summed E-state index contributed by atoms with van der Waals surface area (Å²) in [5.74, 6) is -1.89. The molecule has 1 unspecified atom stereocenters. The van der Waals surface area contributed by atoms with E-state index in [9.17, 15) is 40.7 Å². The predicted octanol–water partition coefficient (Wildman–Crippen LogP) is 0.307. The maximum atomic E-state index is 13.0. The van der Waals surface area contributed by atoms with Gasteiger partial charge in [-0.15, -0.1) is 0 Å². The minimum Gasteiger partial charge on any atom is -0.423 e. The molecule has 0 aliphatic heterocycles. The van der Waals surface area contributed by atoms with Crippen LogP contribution in [0.5, 0.6) is 0 Å². The van der Waals surface area contributed by atoms with Gasteiger partial charge in [0, 0.05) is 38.3 Å². The number of halogens is 6. The molecule has 0 spiro atoms. The highest BCUT2D eigenvalue weighted by atomic mass is 19.4. The van der Waals surface area contributed by atoms with Crippen LogP contribution in [0.15, 0.2) is 42.5 Å². The zero-order valence-corrected chi connectivity index (χ0v) is 23.7. The first-order chi connectivity index (χ1) is 20.4. The molecule has 0 saturated heterocycles. The van der Waals surface area contributed by atoms with E-state index < -0.39 is 60.5 Å². The van der Waals surface area contributed by atoms with E-state index in [-0.39, 0.29) is 37.5 Å². The van der Waals surface area contributed by atoms with Crippen molar-refractivity contribution in [1.29, 1.82) is 0 Å². The average Bonchev–Trinajstić information content (AvgIpc) is 2.93. The van der Waals surface area contributed by atoms with Crippen molar-refractivity contribution in [3.63, 3.8) is 0 Å². The molecule has 1 atom stereocenters. The lowest BCUT2D eigenvalue weighted by Gasteiger charge is -2.22. The second-order valence-corrected chi connectivity index (χ2v) is 9.45. The molecule has 0 radical (unpaired) electrons. The first-order valence-corrected chi connectivity index (χ1v) is 13.1. The van der Waals surface area contributed by atoms with E-state index in [1.54, 1.807) is 6.92 Å². The number of carbonyl (C=O) groups excluding carboxylic acids is 3. The van der Waals surface area contributed by atoms with E-state index in [0.29, 0.717) is 25.2 Å². The van der Waals surface area contributed by atoms with Crippen molar-refractivity contribution in [2.75, 3.05) is 38.0 Å². The highest BCUT2D eigenvalue weighted by molar-refractivity contribution is 6.58. The van der Waals surface area contributed by atoms with Crippen LogP contribution in [0.3, 0.4) is 0 Å². The number of hydrogen-bond acceptors (Lipinski definition) is 8. The molecule has 0 fully saturated rings. The summed E-state index contributed by atoms with van der Waals surface area (Å²) in [6.45, 7) is 2.25. The number of benzene rings is 2. The Balaban J connectivity index is 0.000000733. The lowest BCUT2D eigenvalue weighted by molar-refractivity contribution is -0.138. The zero-order valence-electron chi connectivity index (χ0n) is 23.7. The van der Waals surface area contributed by atoms with Crippen LogP contribution in [0, 0.1) is 6.92 Å². The standard InChI is InChI=1S/C18H28BF3N6O5.C8H7F3/c20-18(21,22)11-7-12(19(32)33)9-13(8-11)27-15(29)10-26-17(31)14(25)1-2-16(30)28(5-3-23)6-4-24;1-6-2-4-7(5-3-6)8(9,10)11/h7-9,14,32-33H,1-6,10,23-25H2,(H,26,31)(H,27,29);2-5H,1H3. The van der Waals surface area contributed by atoms with Crippen LogP contribution in [0.1, 0.15) is 29.5 Å². The molecule has 18 heteroatoms. The number of anilines is 1. The number of nitrogens with one attached hydrogen (secondary N) is 2. The van der Waals surface area contributed by atoms with Gasteiger partial charge in [0.15, 0.2) is 0 Å². The molecule has 0 heterocycles. The SMILES string of the molecule is Cc1ccc(C(F)(F)F)cc1.NCCN(CCN)C(=O)CCC(N)C(=O)NCC(=O)Nc1cc(B(O)O)cc(C(F)(F)F)c1. The van der Waals surface area contributed by atoms with Gasteiger partial charge in [-0.25, -0.2) is 0 Å². The molecule has 2 aromatic carbocycles. The molecular weight excluding hydrogens is 601 g/mol. The Labute approximate surface area is 249 Å². The van der Waals surface area contributed by atoms with Crippen LogP contribution in [0.2, 0.25) is 0 Å². The van der Waals surface area contributed by atoms with Crippen LogP contribution in [-0.2, 0) is 26.7 Å². The van der Waals surface area contributed by atoms with Crippen LogP contribution >= 0.6 is 0 Å². The van der Waals surface area contributed by atoms with Gasteiger partial charge in [-0.05, 0) is 43.1 Å². The molecule has 44 heavy (non-hydrogen) atoms. The van der Waals surface area contributed by atoms with Gasteiger partial charge >= 0.3 is 19.5 Å². The molecule has 0 aliphatic rings. The number of nitrogens with zero attached hydrogens (tertiary/aromatic N) is 1. The number of amides is 3. The number of nitrogens with two attached hydrogens (primary N) is 3. The molecule has 3 amide bonds. The average molecular weight is 636 g/mol. The summed E-state index contributed by atoms with van der Waals surface area (Å²) in [5, 5.41) is 22.7. The minimum atomic E-state index is -4.79. The molecule has 11 nitrogen and oxygen atoms in total. The maximum absolute atomic E-state index is 13.0. The molecular formula is C26H35BF6N6O5. The number of rotatable bonds is 12. The maximum Gasteiger partial charge on any atom is 0.488 e. The third-order valence-corrected chi connectivity index (χ3v) is 5.82. The van der Waals surface area contributed by atoms with Crippen molar-refractivity contribution in [1.82, 2.24) is 10.2 Å². The Morgan fingerprint density at radius 3 is 1.93 bits per heavy atom. The summed E-state index contributed by atoms with van der Waals surface area (Å²) in [6.07, 6.45) is -9.05. The van der Waals surface area contributed by atoms with Gasteiger partial charge < -0.3 is 42.8 Å². The van der Waals surface area contributed by atoms with Crippen molar-refractivity contribution < 1.29 is 50.8 Å². The Morgan fingerprint density at radius 1 is 0.909 bits per heavy atom. The molecule has 0 saturated carbocycles. The smallest absolute Gasteiger partial charge is 0.423 e. The first-order valence-electron chi connectivity index (χ1n) is 13.1. The summed E-state index contributed by atoms with van der Waals surface area (Å²) < 4.78 is 74.7. The second-order valence-electron chi connectivity index (χ2n) is 9.45. The van der Waals surface area contributed by atoms with Gasteiger partial charge in [0.2, 0.25) is 17.7 Å². The van der Waals surface area contributed by atoms with Gasteiger partial charge in [-0.2, -0.15) is 26.3 Å². The van der Waals surface area contributed by atoms with Gasteiger partial charge in [0.1, 0.15) is 0 Å². The first kappa shape index (κ1) is 38.3. The normalized spacial score (nSPS) is 12.0. The Hall–Kier alpha value is -3.71. The van der Waals surface area contributed by atoms with Gasteiger partial charge in [-0.3, -0.25) is 14.4 Å². The Morgan fingerprint density at radius 2 is 1.45 bits per heavy atom. The van der Waals surface area contributed by atoms with Crippen molar-refractivity contribution in [3.8, 4) is 0 Å². The van der Waals surface area contributed by atoms with Crippen molar-refractivity contribution in [2.45, 2.75) is 38.2 Å². The van der Waals surface area contributed by atoms with Crippen LogP contribution in [-0.4, -0.2) is 78.6 Å². The molecule has 0 aliphatic carbocycles. The Bertz CT molecular complexity index is 1230. The predicted molar refractivity (Wildman–Crippen MR) is 151 cm³/mol. The quantitative estimate of drug-likeness (QED) is 0.128. The van der Waals surface area contributed by atoms with Crippen LogP contribution in [0.4, 0.5) is 32.0 Å². The number of aryl methyl sites for hydroxylation is 1. The van der Waals surface area contributed by atoms with Crippen LogP contribution < -0.4 is 33.3 Å². The van der Waals surface area contributed by atoms with E-state index in [0.717, 1.165) is 23.8 Å². The number of hydrogen-bond donors (Lipinski definition) is 7. The van der Waals surface area contributed by atoms with E-state index in [1.165, 1.54) is 17.0 Å². The summed E-state index contributed by atoms with van der Waals surface area (Å²) >= 11 is 0. The number of carbonyl (C=O) groups is 3. The molecule has 244 valence electrons. The van der Waals surface area contributed by atoms with Crippen molar-refractivity contribution in [3.05, 3.63) is 59.2 Å². The monoisotopic (exact) mass is 636 g/mol. The van der Waals surface area contributed by atoms with E-state index >= 15 is 0 Å². The van der Waals surface area contributed by atoms with Gasteiger partial charge in [-0.1, -0.05) is 23.8 Å². The lowest BCUT2D eigenvalue weighted by Crippen LogP contribution is -2.45. The molecule has 10 N–H and O–H groups in total. The largest absolute Gasteiger partial charge is 0.488 e. The molecule has 2 rings (SSSR count). The second kappa shape index (κ2) is 17.6. The molecule has 2 aromatic rings. The van der Waals surface area contributed by atoms with E-state index in [2.05, 4.69) is 10.6 Å². The zero-order chi connectivity index (χ0) is 33.7. The van der Waals surface area contributed by atoms with Gasteiger partial charge in [0.25, 0.3) is 0 Å². The fourth-order valence-electron chi connectivity index (χ4n) is 3.52. The Kier molecular flexibility index (Phi) is 15.3. The summed E-state index contributed by atoms with van der Waals surface area (Å²) in [7, 11) is -2.19. The highest BCUT2D eigenvalue weighted by Gasteiger charge is 2.32. The van der Waals surface area contributed by atoms with E-state index in [4.69, 9.17) is 27.2 Å². The van der Waals surface area contributed by atoms with Crippen molar-refractivity contribution >= 4 is 36.0 Å². The third-order valence-electron chi connectivity index (χ3n) is 5.82. The fraction of sp³-hybridized carbons (Fsp3) is 0.423. The minimum absolute atomic E-state index is 0.0106. The summed E-state index contributed by atoms with van der Waals surface area (Å²) in [4.78, 5) is 37.7. The number of alkyl halides is 6. The molecule has 0 aromatic heterocycles. The van der Waals surface area contributed by atoms with Crippen LogP contribution in [0.25, 0.3) is 0 Å². The fourth-order valence-corrected chi connectivity index (χ4v) is 3.52. The third kappa shape index (κ3) is 13.7. The van der Waals surface area contributed by atoms with Gasteiger partial charge in [0.05, 0.1) is 23.7 Å². The van der Waals surface area contributed by atoms with E-state index in [1.807, 2.05) is 0 Å². The highest BCUT2D eigenvalue weighted by Crippen LogP contribution is 2.30.